The standard InChI is InChI=1S/C16H25NO2/c1-12(10-16(2,3)4)8-15(19)17-14-7-5-6-13(9-14)11-18/h5-7,9,12,18H,8,10-11H2,1-4H3,(H,17,19). The number of aliphatic hydroxyl groups excluding tert-OH is 1. The fourth-order valence-corrected chi connectivity index (χ4v) is 2.39. The van der Waals surface area contributed by atoms with Crippen LogP contribution in [-0.2, 0) is 11.4 Å². The number of aliphatic hydroxyl groups is 1. The summed E-state index contributed by atoms with van der Waals surface area (Å²) in [6, 6.07) is 7.30. The lowest BCUT2D eigenvalue weighted by atomic mass is 9.84. The SMILES string of the molecule is CC(CC(=O)Nc1cccc(CO)c1)CC(C)(C)C. The maximum absolute atomic E-state index is 11.9. The van der Waals surface area contributed by atoms with Crippen LogP contribution in [0.15, 0.2) is 24.3 Å². The number of nitrogens with one attached hydrogen (secondary N) is 1. The molecule has 0 radical (unpaired) electrons. The van der Waals surface area contributed by atoms with Gasteiger partial charge in [0.2, 0.25) is 5.91 Å². The van der Waals surface area contributed by atoms with Crippen LogP contribution in [0.3, 0.4) is 0 Å². The second-order valence-corrected chi connectivity index (χ2v) is 6.48. The lowest BCUT2D eigenvalue weighted by Gasteiger charge is -2.22. The van der Waals surface area contributed by atoms with Gasteiger partial charge in [-0.1, -0.05) is 39.8 Å². The molecule has 1 atom stereocenters. The van der Waals surface area contributed by atoms with Crippen LogP contribution in [0.4, 0.5) is 5.69 Å². The molecule has 1 unspecified atom stereocenters. The predicted octanol–water partition coefficient (Wildman–Crippen LogP) is 3.58. The summed E-state index contributed by atoms with van der Waals surface area (Å²) in [5, 5.41) is 11.9. The third-order valence-corrected chi connectivity index (χ3v) is 2.89. The maximum Gasteiger partial charge on any atom is 0.224 e. The number of benzene rings is 1. The fraction of sp³-hybridized carbons (Fsp3) is 0.562. The smallest absolute Gasteiger partial charge is 0.224 e. The van der Waals surface area contributed by atoms with E-state index in [1.165, 1.54) is 0 Å². The van der Waals surface area contributed by atoms with Gasteiger partial charge >= 0.3 is 0 Å². The van der Waals surface area contributed by atoms with E-state index in [1.54, 1.807) is 6.07 Å². The molecule has 3 heteroatoms. The van der Waals surface area contributed by atoms with E-state index < -0.39 is 0 Å². The Labute approximate surface area is 116 Å². The predicted molar refractivity (Wildman–Crippen MR) is 78.8 cm³/mol. The summed E-state index contributed by atoms with van der Waals surface area (Å²) in [7, 11) is 0. The molecule has 0 saturated heterocycles. The van der Waals surface area contributed by atoms with Gasteiger partial charge in [0, 0.05) is 12.1 Å². The highest BCUT2D eigenvalue weighted by molar-refractivity contribution is 5.90. The van der Waals surface area contributed by atoms with Gasteiger partial charge in [-0.05, 0) is 35.4 Å². The number of amides is 1. The van der Waals surface area contributed by atoms with E-state index in [1.807, 2.05) is 18.2 Å². The van der Waals surface area contributed by atoms with E-state index in [2.05, 4.69) is 33.0 Å². The highest BCUT2D eigenvalue weighted by Crippen LogP contribution is 2.26. The van der Waals surface area contributed by atoms with Crippen molar-refractivity contribution in [3.63, 3.8) is 0 Å². The maximum atomic E-state index is 11.9. The van der Waals surface area contributed by atoms with Gasteiger partial charge < -0.3 is 10.4 Å². The van der Waals surface area contributed by atoms with Crippen molar-refractivity contribution >= 4 is 11.6 Å². The van der Waals surface area contributed by atoms with Gasteiger partial charge in [-0.3, -0.25) is 4.79 Å². The molecular formula is C16H25NO2. The number of hydrogen-bond acceptors (Lipinski definition) is 2. The summed E-state index contributed by atoms with van der Waals surface area (Å²) >= 11 is 0. The molecule has 106 valence electrons. The summed E-state index contributed by atoms with van der Waals surface area (Å²) in [6.07, 6.45) is 1.55. The van der Waals surface area contributed by atoms with Gasteiger partial charge in [0.05, 0.1) is 6.61 Å². The number of anilines is 1. The highest BCUT2D eigenvalue weighted by Gasteiger charge is 2.17. The second-order valence-electron chi connectivity index (χ2n) is 6.48. The van der Waals surface area contributed by atoms with E-state index >= 15 is 0 Å². The molecular weight excluding hydrogens is 238 g/mol. The zero-order valence-electron chi connectivity index (χ0n) is 12.4. The van der Waals surface area contributed by atoms with Crippen LogP contribution in [0.1, 0.15) is 46.1 Å². The van der Waals surface area contributed by atoms with Crippen LogP contribution in [-0.4, -0.2) is 11.0 Å². The van der Waals surface area contributed by atoms with Crippen molar-refractivity contribution in [3.8, 4) is 0 Å². The van der Waals surface area contributed by atoms with Crippen LogP contribution in [0.25, 0.3) is 0 Å². The van der Waals surface area contributed by atoms with Gasteiger partial charge in [0.1, 0.15) is 0 Å². The van der Waals surface area contributed by atoms with Gasteiger partial charge in [0.15, 0.2) is 0 Å². The summed E-state index contributed by atoms with van der Waals surface area (Å²) in [6.45, 7) is 8.66. The third-order valence-electron chi connectivity index (χ3n) is 2.89. The number of hydrogen-bond donors (Lipinski definition) is 2. The van der Waals surface area contributed by atoms with Crippen LogP contribution >= 0.6 is 0 Å². The van der Waals surface area contributed by atoms with Crippen molar-refractivity contribution in [3.05, 3.63) is 29.8 Å². The monoisotopic (exact) mass is 263 g/mol. The highest BCUT2D eigenvalue weighted by atomic mass is 16.3. The number of rotatable bonds is 5. The topological polar surface area (TPSA) is 49.3 Å². The van der Waals surface area contributed by atoms with E-state index in [0.717, 1.165) is 17.7 Å². The Morgan fingerprint density at radius 2 is 2.05 bits per heavy atom. The van der Waals surface area contributed by atoms with Crippen LogP contribution in [0, 0.1) is 11.3 Å². The van der Waals surface area contributed by atoms with E-state index in [-0.39, 0.29) is 17.9 Å². The minimum Gasteiger partial charge on any atom is -0.392 e. The molecule has 3 nitrogen and oxygen atoms in total. The normalized spacial score (nSPS) is 13.1. The van der Waals surface area contributed by atoms with Gasteiger partial charge in [-0.2, -0.15) is 0 Å². The molecule has 0 aliphatic carbocycles. The van der Waals surface area contributed by atoms with E-state index in [0.29, 0.717) is 12.3 Å². The Balaban J connectivity index is 2.50. The Bertz CT molecular complexity index is 421. The lowest BCUT2D eigenvalue weighted by Crippen LogP contribution is -2.18. The Hall–Kier alpha value is -1.35. The summed E-state index contributed by atoms with van der Waals surface area (Å²) in [5.74, 6) is 0.396. The molecule has 1 aromatic carbocycles. The molecule has 0 aromatic heterocycles. The number of carbonyl (C=O) groups excluding carboxylic acids is 1. The molecule has 1 aromatic rings. The van der Waals surface area contributed by atoms with Crippen molar-refractivity contribution < 1.29 is 9.90 Å². The first kappa shape index (κ1) is 15.7. The molecule has 0 aliphatic heterocycles. The number of carbonyl (C=O) groups is 1. The molecule has 0 spiro atoms. The molecule has 0 heterocycles. The van der Waals surface area contributed by atoms with Crippen LogP contribution in [0.2, 0.25) is 0 Å². The first-order chi connectivity index (χ1) is 8.80. The quantitative estimate of drug-likeness (QED) is 0.853. The molecule has 0 aliphatic rings. The Kier molecular flexibility index (Phi) is 5.55. The van der Waals surface area contributed by atoms with Gasteiger partial charge in [-0.25, -0.2) is 0 Å². The van der Waals surface area contributed by atoms with Crippen molar-refractivity contribution in [1.29, 1.82) is 0 Å². The van der Waals surface area contributed by atoms with Crippen molar-refractivity contribution in [2.24, 2.45) is 11.3 Å². The van der Waals surface area contributed by atoms with Crippen molar-refractivity contribution in [2.45, 2.75) is 47.1 Å². The zero-order chi connectivity index (χ0) is 14.5. The first-order valence-corrected chi connectivity index (χ1v) is 6.80. The molecule has 1 rings (SSSR count). The molecule has 1 amide bonds. The molecule has 19 heavy (non-hydrogen) atoms. The molecule has 2 N–H and O–H groups in total. The second kappa shape index (κ2) is 6.71. The Morgan fingerprint density at radius 3 is 2.63 bits per heavy atom. The van der Waals surface area contributed by atoms with Crippen LogP contribution < -0.4 is 5.32 Å². The minimum absolute atomic E-state index is 0.00978. The summed E-state index contributed by atoms with van der Waals surface area (Å²) in [4.78, 5) is 11.9. The van der Waals surface area contributed by atoms with Gasteiger partial charge in [0.25, 0.3) is 0 Å². The largest absolute Gasteiger partial charge is 0.392 e. The minimum atomic E-state index is -0.00978. The van der Waals surface area contributed by atoms with Crippen molar-refractivity contribution in [1.82, 2.24) is 0 Å². The van der Waals surface area contributed by atoms with Crippen molar-refractivity contribution in [2.75, 3.05) is 5.32 Å². The molecule has 0 fully saturated rings. The molecule has 0 bridgehead atoms. The average Bonchev–Trinajstić information content (AvgIpc) is 2.26. The van der Waals surface area contributed by atoms with Crippen LogP contribution in [0.5, 0.6) is 0 Å². The summed E-state index contributed by atoms with van der Waals surface area (Å²) < 4.78 is 0. The summed E-state index contributed by atoms with van der Waals surface area (Å²) in [5.41, 5.74) is 1.80. The average molecular weight is 263 g/mol. The third kappa shape index (κ3) is 6.39. The fourth-order valence-electron chi connectivity index (χ4n) is 2.39. The Morgan fingerprint density at radius 1 is 1.37 bits per heavy atom. The first-order valence-electron chi connectivity index (χ1n) is 6.80. The lowest BCUT2D eigenvalue weighted by molar-refractivity contribution is -0.117. The van der Waals surface area contributed by atoms with Gasteiger partial charge in [-0.15, -0.1) is 0 Å². The van der Waals surface area contributed by atoms with E-state index in [9.17, 15) is 4.79 Å². The van der Waals surface area contributed by atoms with E-state index in [4.69, 9.17) is 5.11 Å². The zero-order valence-corrected chi connectivity index (χ0v) is 12.4. The molecule has 0 saturated carbocycles.